The van der Waals surface area contributed by atoms with Gasteiger partial charge in [-0.3, -0.25) is 4.79 Å². The standard InChI is InChI=1S/C18H27NO3/c1-12(2)16-8-7-13(3)10-17(16)22-14(4)18(20)19-11-15-6-5-9-21-15/h7-8,10,12,14-15H,5-6,9,11H2,1-4H3,(H,19,20)/t14-,15+/m0/s1. The van der Waals surface area contributed by atoms with Gasteiger partial charge >= 0.3 is 0 Å². The number of hydrogen-bond donors (Lipinski definition) is 1. The van der Waals surface area contributed by atoms with Crippen molar-refractivity contribution in [2.24, 2.45) is 0 Å². The summed E-state index contributed by atoms with van der Waals surface area (Å²) in [6.45, 7) is 9.43. The fourth-order valence-corrected chi connectivity index (χ4v) is 2.63. The van der Waals surface area contributed by atoms with Crippen LogP contribution in [0.1, 0.15) is 50.7 Å². The van der Waals surface area contributed by atoms with E-state index in [1.807, 2.05) is 13.0 Å². The van der Waals surface area contributed by atoms with E-state index >= 15 is 0 Å². The highest BCUT2D eigenvalue weighted by Gasteiger charge is 2.20. The van der Waals surface area contributed by atoms with Crippen LogP contribution in [0.25, 0.3) is 0 Å². The third-order valence-electron chi connectivity index (χ3n) is 3.99. The normalized spacial score (nSPS) is 19.2. The van der Waals surface area contributed by atoms with Gasteiger partial charge in [0.05, 0.1) is 6.10 Å². The number of ether oxygens (including phenoxy) is 2. The van der Waals surface area contributed by atoms with Crippen molar-refractivity contribution in [3.8, 4) is 5.75 Å². The number of hydrogen-bond acceptors (Lipinski definition) is 3. The third kappa shape index (κ3) is 4.47. The first kappa shape index (κ1) is 16.8. The molecule has 0 saturated carbocycles. The summed E-state index contributed by atoms with van der Waals surface area (Å²) in [5.41, 5.74) is 2.26. The van der Waals surface area contributed by atoms with Crippen LogP contribution in [-0.2, 0) is 9.53 Å². The second kappa shape index (κ2) is 7.63. The first-order valence-corrected chi connectivity index (χ1v) is 8.14. The molecule has 1 saturated heterocycles. The van der Waals surface area contributed by atoms with E-state index in [4.69, 9.17) is 9.47 Å². The largest absolute Gasteiger partial charge is 0.481 e. The third-order valence-corrected chi connectivity index (χ3v) is 3.99. The predicted molar refractivity (Wildman–Crippen MR) is 87.3 cm³/mol. The minimum absolute atomic E-state index is 0.0910. The molecule has 4 nitrogen and oxygen atoms in total. The molecule has 1 aromatic carbocycles. The molecule has 122 valence electrons. The van der Waals surface area contributed by atoms with Crippen LogP contribution in [0.15, 0.2) is 18.2 Å². The molecule has 1 aliphatic heterocycles. The van der Waals surface area contributed by atoms with Crippen LogP contribution in [0.4, 0.5) is 0 Å². The predicted octanol–water partition coefficient (Wildman–Crippen LogP) is 3.18. The molecule has 0 spiro atoms. The lowest BCUT2D eigenvalue weighted by Crippen LogP contribution is -2.40. The first-order chi connectivity index (χ1) is 10.5. The van der Waals surface area contributed by atoms with E-state index in [0.29, 0.717) is 12.5 Å². The zero-order valence-electron chi connectivity index (χ0n) is 14.0. The van der Waals surface area contributed by atoms with Crippen LogP contribution in [0.3, 0.4) is 0 Å². The van der Waals surface area contributed by atoms with Gasteiger partial charge in [-0.2, -0.15) is 0 Å². The molecule has 1 fully saturated rings. The number of carbonyl (C=O) groups excluding carboxylic acids is 1. The summed E-state index contributed by atoms with van der Waals surface area (Å²) >= 11 is 0. The molecule has 2 rings (SSSR count). The van der Waals surface area contributed by atoms with Gasteiger partial charge < -0.3 is 14.8 Å². The second-order valence-corrected chi connectivity index (χ2v) is 6.34. The molecule has 4 heteroatoms. The number of rotatable bonds is 6. The Morgan fingerprint density at radius 3 is 2.82 bits per heavy atom. The topological polar surface area (TPSA) is 47.6 Å². The molecule has 0 radical (unpaired) electrons. The Hall–Kier alpha value is -1.55. The average Bonchev–Trinajstić information content (AvgIpc) is 2.97. The lowest BCUT2D eigenvalue weighted by molar-refractivity contribution is -0.127. The molecule has 22 heavy (non-hydrogen) atoms. The SMILES string of the molecule is Cc1ccc(C(C)C)c(O[C@@H](C)C(=O)NC[C@H]2CCCO2)c1. The molecule has 1 N–H and O–H groups in total. The zero-order valence-corrected chi connectivity index (χ0v) is 14.0. The van der Waals surface area contributed by atoms with Gasteiger partial charge in [0.2, 0.25) is 0 Å². The minimum atomic E-state index is -0.513. The number of carbonyl (C=O) groups is 1. The molecule has 0 aromatic heterocycles. The van der Waals surface area contributed by atoms with Gasteiger partial charge in [-0.15, -0.1) is 0 Å². The van der Waals surface area contributed by atoms with E-state index in [9.17, 15) is 4.79 Å². The highest BCUT2D eigenvalue weighted by Crippen LogP contribution is 2.28. The summed E-state index contributed by atoms with van der Waals surface area (Å²) in [7, 11) is 0. The maximum Gasteiger partial charge on any atom is 0.260 e. The van der Waals surface area contributed by atoms with Crippen molar-refractivity contribution >= 4 is 5.91 Å². The Morgan fingerprint density at radius 1 is 1.41 bits per heavy atom. The van der Waals surface area contributed by atoms with Gasteiger partial charge in [0, 0.05) is 13.2 Å². The summed E-state index contributed by atoms with van der Waals surface area (Å²) in [4.78, 5) is 12.2. The molecule has 2 atom stereocenters. The van der Waals surface area contributed by atoms with Crippen LogP contribution in [0, 0.1) is 6.92 Å². The monoisotopic (exact) mass is 305 g/mol. The zero-order chi connectivity index (χ0) is 16.1. The van der Waals surface area contributed by atoms with E-state index in [-0.39, 0.29) is 12.0 Å². The summed E-state index contributed by atoms with van der Waals surface area (Å²) < 4.78 is 11.4. The highest BCUT2D eigenvalue weighted by molar-refractivity contribution is 5.80. The van der Waals surface area contributed by atoms with Crippen LogP contribution in [-0.4, -0.2) is 31.3 Å². The molecule has 0 bridgehead atoms. The number of nitrogens with one attached hydrogen (secondary N) is 1. The molecule has 1 heterocycles. The van der Waals surface area contributed by atoms with Gasteiger partial charge in [0.1, 0.15) is 5.75 Å². The van der Waals surface area contributed by atoms with Gasteiger partial charge in [-0.1, -0.05) is 26.0 Å². The van der Waals surface area contributed by atoms with Crippen LogP contribution in [0.2, 0.25) is 0 Å². The lowest BCUT2D eigenvalue weighted by atomic mass is 10.0. The van der Waals surface area contributed by atoms with Gasteiger partial charge in [-0.05, 0) is 49.8 Å². The molecule has 0 aliphatic carbocycles. The smallest absolute Gasteiger partial charge is 0.260 e. The Morgan fingerprint density at radius 2 is 2.18 bits per heavy atom. The van der Waals surface area contributed by atoms with E-state index in [1.165, 1.54) is 0 Å². The summed E-state index contributed by atoms with van der Waals surface area (Å²) in [6.07, 6.45) is 1.74. The molecule has 1 amide bonds. The van der Waals surface area contributed by atoms with Crippen molar-refractivity contribution in [1.82, 2.24) is 5.32 Å². The quantitative estimate of drug-likeness (QED) is 0.878. The summed E-state index contributed by atoms with van der Waals surface area (Å²) in [5, 5.41) is 2.92. The highest BCUT2D eigenvalue weighted by atomic mass is 16.5. The molecular formula is C18H27NO3. The van der Waals surface area contributed by atoms with Crippen molar-refractivity contribution in [2.75, 3.05) is 13.2 Å². The maximum absolute atomic E-state index is 12.2. The van der Waals surface area contributed by atoms with E-state index in [1.54, 1.807) is 6.92 Å². The van der Waals surface area contributed by atoms with Crippen molar-refractivity contribution in [2.45, 2.75) is 58.7 Å². The van der Waals surface area contributed by atoms with Crippen molar-refractivity contribution in [1.29, 1.82) is 0 Å². The fraction of sp³-hybridized carbons (Fsp3) is 0.611. The van der Waals surface area contributed by atoms with Gasteiger partial charge in [-0.25, -0.2) is 0 Å². The van der Waals surface area contributed by atoms with Crippen molar-refractivity contribution in [3.05, 3.63) is 29.3 Å². The van der Waals surface area contributed by atoms with Gasteiger partial charge in [0.15, 0.2) is 6.10 Å². The Labute approximate surface area is 133 Å². The van der Waals surface area contributed by atoms with E-state index in [0.717, 1.165) is 36.3 Å². The average molecular weight is 305 g/mol. The Bertz CT molecular complexity index is 507. The Kier molecular flexibility index (Phi) is 5.83. The van der Waals surface area contributed by atoms with Crippen LogP contribution < -0.4 is 10.1 Å². The number of amides is 1. The molecule has 1 aromatic rings. The van der Waals surface area contributed by atoms with Crippen LogP contribution >= 0.6 is 0 Å². The molecule has 0 unspecified atom stereocenters. The molecule has 1 aliphatic rings. The summed E-state index contributed by atoms with van der Waals surface area (Å²) in [5.74, 6) is 1.07. The first-order valence-electron chi connectivity index (χ1n) is 8.14. The van der Waals surface area contributed by atoms with E-state index in [2.05, 4.69) is 31.3 Å². The van der Waals surface area contributed by atoms with Crippen LogP contribution in [0.5, 0.6) is 5.75 Å². The number of aryl methyl sites for hydroxylation is 1. The molecular weight excluding hydrogens is 278 g/mol. The Balaban J connectivity index is 1.94. The second-order valence-electron chi connectivity index (χ2n) is 6.34. The van der Waals surface area contributed by atoms with E-state index < -0.39 is 6.10 Å². The maximum atomic E-state index is 12.2. The van der Waals surface area contributed by atoms with Gasteiger partial charge in [0.25, 0.3) is 5.91 Å². The van der Waals surface area contributed by atoms with Crippen molar-refractivity contribution in [3.63, 3.8) is 0 Å². The lowest BCUT2D eigenvalue weighted by Gasteiger charge is -2.20. The minimum Gasteiger partial charge on any atom is -0.481 e. The van der Waals surface area contributed by atoms with Crippen molar-refractivity contribution < 1.29 is 14.3 Å². The summed E-state index contributed by atoms with van der Waals surface area (Å²) in [6, 6.07) is 6.15. The fourth-order valence-electron chi connectivity index (χ4n) is 2.63. The number of benzene rings is 1.